The summed E-state index contributed by atoms with van der Waals surface area (Å²) in [5.41, 5.74) is 12.9. The van der Waals surface area contributed by atoms with Gasteiger partial charge in [-0.2, -0.15) is 6.07 Å². The summed E-state index contributed by atoms with van der Waals surface area (Å²) < 4.78 is 11.5. The molecule has 12 aromatic rings. The van der Waals surface area contributed by atoms with E-state index in [2.05, 4.69) is 197 Å². The van der Waals surface area contributed by atoms with Crippen molar-refractivity contribution in [3.8, 4) is 39.7 Å². The molecule has 63 heavy (non-hydrogen) atoms. The molecule has 4 aromatic heterocycles. The first-order valence-corrected chi connectivity index (χ1v) is 20.9. The first-order valence-electron chi connectivity index (χ1n) is 20.9. The number of nitrogens with zero attached hydrogens (tertiary/aromatic N) is 4. The number of ether oxygens (including phenoxy) is 1. The Hall–Kier alpha value is -7.59. The predicted octanol–water partition coefficient (Wildman–Crippen LogP) is 13.6. The maximum Gasteiger partial charge on any atom is 2.00 e. The van der Waals surface area contributed by atoms with E-state index in [1.54, 1.807) is 0 Å². The third-order valence-corrected chi connectivity index (χ3v) is 12.7. The number of rotatable bonds is 6. The zero-order valence-corrected chi connectivity index (χ0v) is 35.9. The van der Waals surface area contributed by atoms with Gasteiger partial charge in [-0.3, -0.25) is 4.98 Å². The summed E-state index contributed by atoms with van der Waals surface area (Å²) >= 11 is 0. The Labute approximate surface area is 377 Å². The number of hydrogen-bond acceptors (Lipinski definition) is 3. The van der Waals surface area contributed by atoms with Crippen molar-refractivity contribution in [3.63, 3.8) is 0 Å². The number of aromatic nitrogens is 4. The van der Waals surface area contributed by atoms with Crippen molar-refractivity contribution < 1.29 is 25.8 Å². The first kappa shape index (κ1) is 37.2. The Morgan fingerprint density at radius 2 is 1.10 bits per heavy atom. The van der Waals surface area contributed by atoms with Gasteiger partial charge in [0.15, 0.2) is 0 Å². The molecule has 0 saturated heterocycles. The van der Waals surface area contributed by atoms with Crippen LogP contribution in [-0.4, -0.2) is 18.9 Å². The predicted molar refractivity (Wildman–Crippen MR) is 249 cm³/mol. The number of fused-ring (bicyclic) bond motifs is 11. The van der Waals surface area contributed by atoms with Crippen molar-refractivity contribution in [2.45, 2.75) is 5.41 Å². The van der Waals surface area contributed by atoms with E-state index in [9.17, 15) is 0 Å². The van der Waals surface area contributed by atoms with Crippen LogP contribution < -0.4 is 4.74 Å². The van der Waals surface area contributed by atoms with Crippen molar-refractivity contribution in [2.24, 2.45) is 0 Å². The van der Waals surface area contributed by atoms with Gasteiger partial charge >= 0.3 is 21.1 Å². The Morgan fingerprint density at radius 1 is 0.476 bits per heavy atom. The number of para-hydroxylation sites is 2. The average Bonchev–Trinajstić information content (AvgIpc) is 3.92. The number of hydrogen-bond donors (Lipinski definition) is 0. The molecule has 0 amide bonds. The molecule has 6 heteroatoms. The van der Waals surface area contributed by atoms with E-state index in [1.807, 2.05) is 30.5 Å². The summed E-state index contributed by atoms with van der Waals surface area (Å²) in [7, 11) is 0. The van der Waals surface area contributed by atoms with Crippen molar-refractivity contribution in [1.82, 2.24) is 18.9 Å². The molecule has 298 valence electrons. The van der Waals surface area contributed by atoms with Crippen LogP contribution in [0.15, 0.2) is 206 Å². The van der Waals surface area contributed by atoms with Gasteiger partial charge < -0.3 is 13.7 Å². The molecule has 0 bridgehead atoms. The van der Waals surface area contributed by atoms with E-state index in [1.165, 1.54) is 16.7 Å². The van der Waals surface area contributed by atoms with Crippen molar-refractivity contribution in [3.05, 3.63) is 241 Å². The van der Waals surface area contributed by atoms with Crippen molar-refractivity contribution in [1.29, 1.82) is 0 Å². The molecule has 0 N–H and O–H groups in total. The monoisotopic (exact) mass is 985 g/mol. The van der Waals surface area contributed by atoms with Gasteiger partial charge in [0.25, 0.3) is 0 Å². The Kier molecular flexibility index (Phi) is 8.57. The van der Waals surface area contributed by atoms with Crippen LogP contribution in [0.3, 0.4) is 0 Å². The largest absolute Gasteiger partial charge is 2.00 e. The maximum absolute atomic E-state index is 6.89. The molecule has 0 unspecified atom stereocenters. The van der Waals surface area contributed by atoms with E-state index < -0.39 is 5.41 Å². The molecular weight excluding hydrogens is 952 g/mol. The third kappa shape index (κ3) is 5.40. The molecular formula is C57H34N4OPt. The van der Waals surface area contributed by atoms with E-state index in [0.29, 0.717) is 11.5 Å². The fraction of sp³-hybridized carbons (Fsp3) is 0.0175. The van der Waals surface area contributed by atoms with Crippen LogP contribution in [0, 0.1) is 12.1 Å². The van der Waals surface area contributed by atoms with Gasteiger partial charge in [0.2, 0.25) is 0 Å². The molecule has 0 radical (unpaired) electrons. The molecule has 0 atom stereocenters. The smallest absolute Gasteiger partial charge is 0.503 e. The van der Waals surface area contributed by atoms with Gasteiger partial charge in [-0.05, 0) is 45.8 Å². The minimum Gasteiger partial charge on any atom is -0.503 e. The van der Waals surface area contributed by atoms with Gasteiger partial charge in [-0.15, -0.1) is 29.8 Å². The van der Waals surface area contributed by atoms with Gasteiger partial charge in [0.1, 0.15) is 5.65 Å². The molecule has 0 spiro atoms. The molecule has 8 aromatic carbocycles. The van der Waals surface area contributed by atoms with Crippen LogP contribution in [0.4, 0.5) is 0 Å². The summed E-state index contributed by atoms with van der Waals surface area (Å²) in [5.74, 6) is 1.15. The van der Waals surface area contributed by atoms with Crippen LogP contribution >= 0.6 is 0 Å². The van der Waals surface area contributed by atoms with Crippen LogP contribution in [0.5, 0.6) is 11.5 Å². The van der Waals surface area contributed by atoms with Crippen LogP contribution in [0.2, 0.25) is 0 Å². The van der Waals surface area contributed by atoms with E-state index >= 15 is 0 Å². The Morgan fingerprint density at radius 3 is 1.84 bits per heavy atom. The molecule has 0 aliphatic carbocycles. The van der Waals surface area contributed by atoms with Crippen LogP contribution in [0.25, 0.3) is 77.5 Å². The second kappa shape index (κ2) is 14.5. The first-order chi connectivity index (χ1) is 30.8. The van der Waals surface area contributed by atoms with Gasteiger partial charge in [0, 0.05) is 45.0 Å². The van der Waals surface area contributed by atoms with E-state index in [4.69, 9.17) is 14.7 Å². The number of pyridine rings is 2. The second-order valence-corrected chi connectivity index (χ2v) is 15.9. The standard InChI is InChI=1S/C57H34N4O.Pt/c1-5-17-37(18-6-1)52-53(38-19-7-2-8-20-38)60-50-29-14-13-25-44(50)43-32-30-41(35-47(43)56(60)59-52)62-42-31-33-48-51(36-42)61-54-45(46-27-16-34-58-55(46)61)26-15-28-49(54)57(48,39-21-9-3-10-22-39)40-23-11-4-12-24-40;/h1-34H;/q-2;+2. The topological polar surface area (TPSA) is 44.4 Å². The zero-order valence-electron chi connectivity index (χ0n) is 33.6. The van der Waals surface area contributed by atoms with E-state index in [0.717, 1.165) is 83.0 Å². The van der Waals surface area contributed by atoms with Gasteiger partial charge in [0.05, 0.1) is 22.6 Å². The summed E-state index contributed by atoms with van der Waals surface area (Å²) in [6, 6.07) is 78.0. The van der Waals surface area contributed by atoms with Gasteiger partial charge in [-0.25, -0.2) is 4.98 Å². The summed E-state index contributed by atoms with van der Waals surface area (Å²) in [6.45, 7) is 0. The maximum atomic E-state index is 6.89. The average molecular weight is 986 g/mol. The van der Waals surface area contributed by atoms with E-state index in [-0.39, 0.29) is 21.1 Å². The fourth-order valence-corrected chi connectivity index (χ4v) is 10.2. The zero-order chi connectivity index (χ0) is 40.8. The Bertz CT molecular complexity index is 3670. The van der Waals surface area contributed by atoms with Crippen LogP contribution in [0.1, 0.15) is 22.3 Å². The van der Waals surface area contributed by atoms with Crippen molar-refractivity contribution >= 4 is 49.3 Å². The van der Waals surface area contributed by atoms with Crippen LogP contribution in [-0.2, 0) is 26.5 Å². The summed E-state index contributed by atoms with van der Waals surface area (Å²) in [6.07, 6.45) is 1.87. The molecule has 1 aliphatic heterocycles. The number of imidazole rings is 1. The van der Waals surface area contributed by atoms with Crippen molar-refractivity contribution in [2.75, 3.05) is 0 Å². The second-order valence-electron chi connectivity index (χ2n) is 15.9. The minimum absolute atomic E-state index is 0. The molecule has 0 saturated carbocycles. The van der Waals surface area contributed by atoms with Gasteiger partial charge in [-0.1, -0.05) is 180 Å². The summed E-state index contributed by atoms with van der Waals surface area (Å²) in [5, 5.41) is 5.28. The molecule has 13 rings (SSSR count). The third-order valence-electron chi connectivity index (χ3n) is 12.7. The quantitative estimate of drug-likeness (QED) is 0.123. The minimum atomic E-state index is -0.647. The Balaban J connectivity index is 0.00000421. The normalized spacial score (nSPS) is 12.8. The molecule has 5 heterocycles. The molecule has 5 nitrogen and oxygen atoms in total. The fourth-order valence-electron chi connectivity index (χ4n) is 10.2. The summed E-state index contributed by atoms with van der Waals surface area (Å²) in [4.78, 5) is 10.4. The molecule has 0 fully saturated rings. The molecule has 1 aliphatic rings. The SMILES string of the molecule is [Pt+2].[c-]1c(Oc2[c-]c3c(cc2)c2ccccc2n2c(-c4ccccc4)c(-c4ccccc4)nc32)ccc2c1-n1c3ncccc3c3cccc(c31)C2(c1ccccc1)c1ccccc1. The number of benzene rings is 8.